The summed E-state index contributed by atoms with van der Waals surface area (Å²) < 4.78 is 0. The van der Waals surface area contributed by atoms with Gasteiger partial charge in [-0.15, -0.1) is 0 Å². The largest absolute Gasteiger partial charge is 0.389 e. The normalized spacial score (nSPS) is 14.0. The number of nitrogens with zero attached hydrogens (tertiary/aromatic N) is 2. The topological polar surface area (TPSA) is 48.4 Å². The Hall–Kier alpha value is -1.43. The Morgan fingerprint density at radius 3 is 2.48 bits per heavy atom. The van der Waals surface area contributed by atoms with E-state index < -0.39 is 5.60 Å². The van der Waals surface area contributed by atoms with Gasteiger partial charge in [-0.25, -0.2) is 4.98 Å². The minimum atomic E-state index is -0.706. The number of anilines is 1. The average molecular weight is 334 g/mol. The molecule has 0 aliphatic rings. The smallest absolute Gasteiger partial charge is 0.185 e. The van der Waals surface area contributed by atoms with Crippen molar-refractivity contribution in [1.29, 1.82) is 0 Å². The molecule has 0 saturated heterocycles. The second kappa shape index (κ2) is 7.43. The lowest BCUT2D eigenvalue weighted by Crippen LogP contribution is -2.41. The summed E-state index contributed by atoms with van der Waals surface area (Å²) >= 11 is 1.69. The molecule has 0 radical (unpaired) electrons. The summed E-state index contributed by atoms with van der Waals surface area (Å²) in [6.07, 6.45) is 0. The third kappa shape index (κ3) is 4.53. The van der Waals surface area contributed by atoms with Gasteiger partial charge in [0.15, 0.2) is 5.13 Å². The Labute approximate surface area is 143 Å². The Bertz CT molecular complexity index is 620. The number of hydrogen-bond acceptors (Lipinski definition) is 5. The van der Waals surface area contributed by atoms with E-state index in [2.05, 4.69) is 17.4 Å². The molecule has 1 unspecified atom stereocenters. The van der Waals surface area contributed by atoms with Gasteiger partial charge >= 0.3 is 0 Å². The van der Waals surface area contributed by atoms with Crippen LogP contribution in [-0.4, -0.2) is 36.3 Å². The van der Waals surface area contributed by atoms with Crippen molar-refractivity contribution in [2.45, 2.75) is 32.9 Å². The van der Waals surface area contributed by atoms with E-state index in [9.17, 15) is 5.11 Å². The monoisotopic (exact) mass is 333 g/mol. The molecule has 0 aliphatic carbocycles. The van der Waals surface area contributed by atoms with Crippen molar-refractivity contribution in [2.75, 3.05) is 25.5 Å². The molecule has 1 aromatic carbocycles. The SMILES string of the molecule is CC(C)C(C)(O)CNCc1sc(N(C)C)nc1-c1ccccc1. The van der Waals surface area contributed by atoms with Gasteiger partial charge in [0.05, 0.1) is 11.3 Å². The predicted molar refractivity (Wildman–Crippen MR) is 99.0 cm³/mol. The molecule has 0 aliphatic heterocycles. The first kappa shape index (κ1) is 17.9. The maximum atomic E-state index is 10.4. The molecule has 0 saturated carbocycles. The molecular formula is C18H27N3OS. The van der Waals surface area contributed by atoms with Crippen molar-refractivity contribution < 1.29 is 5.11 Å². The number of rotatable bonds is 7. The van der Waals surface area contributed by atoms with E-state index in [1.807, 2.05) is 58.0 Å². The van der Waals surface area contributed by atoms with Crippen LogP contribution < -0.4 is 10.2 Å². The van der Waals surface area contributed by atoms with Gasteiger partial charge in [0.2, 0.25) is 0 Å². The van der Waals surface area contributed by atoms with Crippen LogP contribution in [0.4, 0.5) is 5.13 Å². The van der Waals surface area contributed by atoms with Crippen LogP contribution in [0.1, 0.15) is 25.6 Å². The van der Waals surface area contributed by atoms with E-state index in [-0.39, 0.29) is 5.92 Å². The Balaban J connectivity index is 2.17. The Morgan fingerprint density at radius 1 is 1.26 bits per heavy atom. The molecule has 2 N–H and O–H groups in total. The van der Waals surface area contributed by atoms with E-state index in [1.54, 1.807) is 11.3 Å². The van der Waals surface area contributed by atoms with Crippen LogP contribution in [0.5, 0.6) is 0 Å². The molecule has 0 fully saturated rings. The van der Waals surface area contributed by atoms with E-state index in [1.165, 1.54) is 4.88 Å². The lowest BCUT2D eigenvalue weighted by molar-refractivity contribution is 0.0140. The third-order valence-electron chi connectivity index (χ3n) is 4.13. The molecule has 0 spiro atoms. The lowest BCUT2D eigenvalue weighted by atomic mass is 9.92. The maximum absolute atomic E-state index is 10.4. The van der Waals surface area contributed by atoms with Crippen LogP contribution in [0.2, 0.25) is 0 Å². The van der Waals surface area contributed by atoms with Crippen LogP contribution in [0.25, 0.3) is 11.3 Å². The van der Waals surface area contributed by atoms with Gasteiger partial charge in [-0.2, -0.15) is 0 Å². The molecule has 23 heavy (non-hydrogen) atoms. The average Bonchev–Trinajstić information content (AvgIpc) is 2.92. The van der Waals surface area contributed by atoms with Gasteiger partial charge in [-0.05, 0) is 12.8 Å². The number of benzene rings is 1. The number of aromatic nitrogens is 1. The van der Waals surface area contributed by atoms with Crippen LogP contribution in [0.15, 0.2) is 30.3 Å². The summed E-state index contributed by atoms with van der Waals surface area (Å²) in [7, 11) is 4.02. The fraction of sp³-hybridized carbons (Fsp3) is 0.500. The van der Waals surface area contributed by atoms with Crippen LogP contribution >= 0.6 is 11.3 Å². The van der Waals surface area contributed by atoms with Gasteiger partial charge in [0, 0.05) is 37.6 Å². The van der Waals surface area contributed by atoms with Crippen molar-refractivity contribution in [3.05, 3.63) is 35.2 Å². The molecule has 1 aromatic heterocycles. The minimum Gasteiger partial charge on any atom is -0.389 e. The van der Waals surface area contributed by atoms with Crippen molar-refractivity contribution in [3.8, 4) is 11.3 Å². The lowest BCUT2D eigenvalue weighted by Gasteiger charge is -2.27. The molecule has 1 atom stereocenters. The molecule has 5 heteroatoms. The summed E-state index contributed by atoms with van der Waals surface area (Å²) in [6.45, 7) is 7.22. The first-order valence-corrected chi connectivity index (χ1v) is 8.78. The number of hydrogen-bond donors (Lipinski definition) is 2. The van der Waals surface area contributed by atoms with Crippen LogP contribution in [0, 0.1) is 5.92 Å². The summed E-state index contributed by atoms with van der Waals surface area (Å²) in [5.41, 5.74) is 1.45. The molecule has 126 valence electrons. The highest BCUT2D eigenvalue weighted by atomic mass is 32.1. The maximum Gasteiger partial charge on any atom is 0.185 e. The highest BCUT2D eigenvalue weighted by Crippen LogP contribution is 2.32. The zero-order valence-electron chi connectivity index (χ0n) is 14.6. The van der Waals surface area contributed by atoms with Crippen molar-refractivity contribution in [2.24, 2.45) is 5.92 Å². The highest BCUT2D eigenvalue weighted by Gasteiger charge is 2.24. The van der Waals surface area contributed by atoms with Gasteiger partial charge < -0.3 is 15.3 Å². The van der Waals surface area contributed by atoms with Gasteiger partial charge in [0.1, 0.15) is 0 Å². The van der Waals surface area contributed by atoms with Crippen LogP contribution in [0.3, 0.4) is 0 Å². The standard InChI is InChI=1S/C18H27N3OS/c1-13(2)18(3,22)12-19-11-15-16(14-9-7-6-8-10-14)20-17(23-15)21(4)5/h6-10,13,19,22H,11-12H2,1-5H3. The second-order valence-electron chi connectivity index (χ2n) is 6.64. The van der Waals surface area contributed by atoms with Crippen molar-refractivity contribution in [1.82, 2.24) is 10.3 Å². The summed E-state index contributed by atoms with van der Waals surface area (Å²) in [5.74, 6) is 0.211. The first-order chi connectivity index (χ1) is 10.8. The van der Waals surface area contributed by atoms with E-state index in [4.69, 9.17) is 4.98 Å². The zero-order valence-corrected chi connectivity index (χ0v) is 15.4. The zero-order chi connectivity index (χ0) is 17.0. The third-order valence-corrected chi connectivity index (χ3v) is 5.35. The van der Waals surface area contributed by atoms with E-state index in [0.29, 0.717) is 13.1 Å². The first-order valence-electron chi connectivity index (χ1n) is 7.97. The molecule has 1 heterocycles. The van der Waals surface area contributed by atoms with Crippen LogP contribution in [-0.2, 0) is 6.54 Å². The van der Waals surface area contributed by atoms with Gasteiger partial charge in [-0.1, -0.05) is 55.5 Å². The second-order valence-corrected chi connectivity index (χ2v) is 7.71. The molecule has 0 bridgehead atoms. The molecular weight excluding hydrogens is 306 g/mol. The Morgan fingerprint density at radius 2 is 1.91 bits per heavy atom. The molecule has 0 amide bonds. The van der Waals surface area contributed by atoms with Gasteiger partial charge in [-0.3, -0.25) is 0 Å². The van der Waals surface area contributed by atoms with E-state index >= 15 is 0 Å². The molecule has 4 nitrogen and oxygen atoms in total. The predicted octanol–water partition coefficient (Wildman–Crippen LogP) is 3.37. The number of thiazole rings is 1. The molecule has 2 aromatic rings. The van der Waals surface area contributed by atoms with E-state index in [0.717, 1.165) is 16.4 Å². The molecule has 2 rings (SSSR count). The highest BCUT2D eigenvalue weighted by molar-refractivity contribution is 7.16. The number of nitrogens with one attached hydrogen (secondary N) is 1. The van der Waals surface area contributed by atoms with Crippen molar-refractivity contribution >= 4 is 16.5 Å². The Kier molecular flexibility index (Phi) is 5.79. The quantitative estimate of drug-likeness (QED) is 0.815. The fourth-order valence-corrected chi connectivity index (χ4v) is 3.08. The number of aliphatic hydroxyl groups is 1. The van der Waals surface area contributed by atoms with Gasteiger partial charge in [0.25, 0.3) is 0 Å². The minimum absolute atomic E-state index is 0.211. The fourth-order valence-electron chi connectivity index (χ4n) is 2.11. The summed E-state index contributed by atoms with van der Waals surface area (Å²) in [6, 6.07) is 10.3. The summed E-state index contributed by atoms with van der Waals surface area (Å²) in [4.78, 5) is 8.00. The van der Waals surface area contributed by atoms with Crippen molar-refractivity contribution in [3.63, 3.8) is 0 Å². The summed E-state index contributed by atoms with van der Waals surface area (Å²) in [5, 5.41) is 14.8.